The van der Waals surface area contributed by atoms with E-state index in [-0.39, 0.29) is 36.4 Å². The second-order valence-corrected chi connectivity index (χ2v) is 17.6. The largest absolute Gasteiger partial charge is 0.353 e. The van der Waals surface area contributed by atoms with Gasteiger partial charge in [0.1, 0.15) is 0 Å². The van der Waals surface area contributed by atoms with Gasteiger partial charge in [0.15, 0.2) is 5.79 Å². The monoisotopic (exact) mass is 640 g/mol. The lowest BCUT2D eigenvalue weighted by Crippen LogP contribution is -2.57. The van der Waals surface area contributed by atoms with Crippen molar-refractivity contribution in [2.45, 2.75) is 148 Å². The average molecular weight is 641 g/mol. The zero-order valence-electron chi connectivity index (χ0n) is 29.4. The Hall–Kier alpha value is -1.38. The van der Waals surface area contributed by atoms with E-state index in [0.29, 0.717) is 53.7 Å². The number of rotatable bonds is 6. The highest BCUT2D eigenvalue weighted by Crippen LogP contribution is 2.71. The Kier molecular flexibility index (Phi) is 9.23. The zero-order chi connectivity index (χ0) is 32.3. The SMILES string of the molecule is C[C@H]1CC[C@@]2(OC1)O[C@H]1C[C@H]3[C@@H]4CC[C@@H]5C[C@H](NC(=O)N(CCNC(=O)CN)C6CCCCC6)CC[C@]5(C)[C@H]4CC[C@]3(C)[C@H]1[C@@H]2C. The number of urea groups is 1. The van der Waals surface area contributed by atoms with E-state index in [1.807, 2.05) is 4.90 Å². The minimum absolute atomic E-state index is 0.0111. The molecule has 2 heterocycles. The Balaban J connectivity index is 0.987. The molecule has 0 aromatic rings. The second-order valence-electron chi connectivity index (χ2n) is 17.6. The van der Waals surface area contributed by atoms with Gasteiger partial charge in [-0.25, -0.2) is 4.79 Å². The summed E-state index contributed by atoms with van der Waals surface area (Å²) in [4.78, 5) is 27.6. The number of nitrogens with zero attached hydrogens (tertiary/aromatic N) is 1. The normalized spacial score (nSPS) is 46.9. The molecule has 0 radical (unpaired) electrons. The van der Waals surface area contributed by atoms with Gasteiger partial charge in [-0.2, -0.15) is 0 Å². The third kappa shape index (κ3) is 5.62. The summed E-state index contributed by atoms with van der Waals surface area (Å²) in [7, 11) is 0. The lowest BCUT2D eigenvalue weighted by molar-refractivity contribution is -0.273. The number of amides is 3. The van der Waals surface area contributed by atoms with Crippen LogP contribution in [0.25, 0.3) is 0 Å². The first-order chi connectivity index (χ1) is 22.1. The van der Waals surface area contributed by atoms with Crippen molar-refractivity contribution in [2.24, 2.45) is 58.0 Å². The predicted molar refractivity (Wildman–Crippen MR) is 180 cm³/mol. The van der Waals surface area contributed by atoms with Gasteiger partial charge in [0.05, 0.1) is 19.3 Å². The zero-order valence-corrected chi connectivity index (χ0v) is 29.4. The summed E-state index contributed by atoms with van der Waals surface area (Å²) in [6.07, 6.45) is 18.3. The van der Waals surface area contributed by atoms with Crippen molar-refractivity contribution in [1.29, 1.82) is 0 Å². The third-order valence-electron chi connectivity index (χ3n) is 15.4. The molecule has 8 nitrogen and oxygen atoms in total. The molecule has 7 rings (SSSR count). The standard InChI is InChI=1S/C38H64N4O4/c1-24-12-17-38(45-23-24)25(2)34-32(46-38)21-31-29-11-10-26-20-27(13-15-36(26,3)30(29)14-16-37(31,34)4)41-35(44)42(19-18-40-33(43)22-39)28-8-6-5-7-9-28/h24-32,34H,5-23,39H2,1-4H3,(H,40,43)(H,41,44)/t24-,25-,26+,27+,29+,30-,31-,32-,34-,36-,37-,38+/m0/s1. The third-order valence-corrected chi connectivity index (χ3v) is 15.4. The van der Waals surface area contributed by atoms with E-state index in [2.05, 4.69) is 38.3 Å². The number of fused-ring (bicyclic) bond motifs is 7. The molecule has 2 saturated heterocycles. The van der Waals surface area contributed by atoms with Crippen molar-refractivity contribution < 1.29 is 19.1 Å². The van der Waals surface area contributed by atoms with Gasteiger partial charge in [0, 0.05) is 37.5 Å². The maximum absolute atomic E-state index is 13.8. The fourth-order valence-electron chi connectivity index (χ4n) is 12.9. The lowest BCUT2D eigenvalue weighted by Gasteiger charge is -2.61. The molecule has 4 N–H and O–H groups in total. The summed E-state index contributed by atoms with van der Waals surface area (Å²) < 4.78 is 13.6. The van der Waals surface area contributed by atoms with Crippen LogP contribution in [-0.4, -0.2) is 67.1 Å². The Morgan fingerprint density at radius 2 is 1.67 bits per heavy atom. The topological polar surface area (TPSA) is 106 Å². The van der Waals surface area contributed by atoms with Crippen LogP contribution < -0.4 is 16.4 Å². The van der Waals surface area contributed by atoms with Crippen molar-refractivity contribution in [2.75, 3.05) is 26.2 Å². The number of nitrogens with one attached hydrogen (secondary N) is 2. The van der Waals surface area contributed by atoms with Gasteiger partial charge in [0.2, 0.25) is 5.91 Å². The molecule has 12 atom stereocenters. The Morgan fingerprint density at radius 3 is 2.41 bits per heavy atom. The molecule has 0 aromatic carbocycles. The molecule has 5 saturated carbocycles. The molecular weight excluding hydrogens is 576 g/mol. The van der Waals surface area contributed by atoms with Gasteiger partial charge in [-0.15, -0.1) is 0 Å². The van der Waals surface area contributed by atoms with Crippen molar-refractivity contribution >= 4 is 11.9 Å². The lowest BCUT2D eigenvalue weighted by atomic mass is 9.44. The Bertz CT molecular complexity index is 1120. The summed E-state index contributed by atoms with van der Waals surface area (Å²) >= 11 is 0. The maximum Gasteiger partial charge on any atom is 0.317 e. The molecule has 46 heavy (non-hydrogen) atoms. The summed E-state index contributed by atoms with van der Waals surface area (Å²) in [6, 6.07) is 0.589. The van der Waals surface area contributed by atoms with E-state index in [4.69, 9.17) is 15.2 Å². The molecule has 0 aromatic heterocycles. The van der Waals surface area contributed by atoms with Crippen LogP contribution in [0.4, 0.5) is 4.79 Å². The van der Waals surface area contributed by atoms with Crippen molar-refractivity contribution in [3.8, 4) is 0 Å². The van der Waals surface area contributed by atoms with E-state index in [0.717, 1.165) is 56.5 Å². The van der Waals surface area contributed by atoms with E-state index in [9.17, 15) is 9.59 Å². The van der Waals surface area contributed by atoms with Crippen LogP contribution in [-0.2, 0) is 14.3 Å². The fourth-order valence-corrected chi connectivity index (χ4v) is 12.9. The summed E-state index contributed by atoms with van der Waals surface area (Å²) in [5.41, 5.74) is 6.23. The highest BCUT2D eigenvalue weighted by atomic mass is 16.7. The fraction of sp³-hybridized carbons (Fsp3) is 0.947. The van der Waals surface area contributed by atoms with Gasteiger partial charge in [0.25, 0.3) is 0 Å². The highest BCUT2D eigenvalue weighted by Gasteiger charge is 2.69. The molecule has 0 bridgehead atoms. The molecule has 5 aliphatic carbocycles. The van der Waals surface area contributed by atoms with E-state index in [1.54, 1.807) is 0 Å². The quantitative estimate of drug-likeness (QED) is 0.320. The smallest absolute Gasteiger partial charge is 0.317 e. The molecule has 3 amide bonds. The van der Waals surface area contributed by atoms with Crippen LogP contribution in [0, 0.1) is 52.3 Å². The van der Waals surface area contributed by atoms with Crippen LogP contribution in [0.15, 0.2) is 0 Å². The molecule has 1 spiro atoms. The number of hydrogen-bond donors (Lipinski definition) is 3. The minimum Gasteiger partial charge on any atom is -0.353 e. The Morgan fingerprint density at radius 1 is 0.891 bits per heavy atom. The molecule has 8 heteroatoms. The number of nitrogens with two attached hydrogens (primary N) is 1. The molecule has 7 aliphatic rings. The number of carbonyl (C=O) groups excluding carboxylic acids is 2. The average Bonchev–Trinajstić information content (AvgIpc) is 3.50. The van der Waals surface area contributed by atoms with Crippen LogP contribution in [0.3, 0.4) is 0 Å². The van der Waals surface area contributed by atoms with Gasteiger partial charge in [-0.3, -0.25) is 4.79 Å². The first-order valence-electron chi connectivity index (χ1n) is 19.4. The molecule has 7 fully saturated rings. The van der Waals surface area contributed by atoms with Crippen LogP contribution in [0.2, 0.25) is 0 Å². The minimum atomic E-state index is -0.329. The molecular formula is C38H64N4O4. The van der Waals surface area contributed by atoms with Crippen molar-refractivity contribution in [1.82, 2.24) is 15.5 Å². The van der Waals surface area contributed by atoms with Crippen molar-refractivity contribution in [3.63, 3.8) is 0 Å². The van der Waals surface area contributed by atoms with Gasteiger partial charge < -0.3 is 30.7 Å². The van der Waals surface area contributed by atoms with Crippen LogP contribution >= 0.6 is 0 Å². The highest BCUT2D eigenvalue weighted by molar-refractivity contribution is 5.78. The van der Waals surface area contributed by atoms with Gasteiger partial charge in [-0.05, 0) is 117 Å². The first-order valence-corrected chi connectivity index (χ1v) is 19.4. The van der Waals surface area contributed by atoms with E-state index >= 15 is 0 Å². The van der Waals surface area contributed by atoms with Crippen molar-refractivity contribution in [3.05, 3.63) is 0 Å². The summed E-state index contributed by atoms with van der Waals surface area (Å²) in [6.45, 7) is 11.9. The van der Waals surface area contributed by atoms with E-state index in [1.165, 1.54) is 64.2 Å². The van der Waals surface area contributed by atoms with Crippen LogP contribution in [0.5, 0.6) is 0 Å². The molecule has 260 valence electrons. The summed E-state index contributed by atoms with van der Waals surface area (Å²) in [5.74, 6) is 4.31. The van der Waals surface area contributed by atoms with E-state index < -0.39 is 0 Å². The second kappa shape index (κ2) is 12.8. The number of hydrogen-bond acceptors (Lipinski definition) is 5. The van der Waals surface area contributed by atoms with Gasteiger partial charge >= 0.3 is 6.03 Å². The first kappa shape index (κ1) is 33.1. The molecule has 0 unspecified atom stereocenters. The summed E-state index contributed by atoms with van der Waals surface area (Å²) in [5, 5.41) is 6.40. The maximum atomic E-state index is 13.8. The number of ether oxygens (including phenoxy) is 2. The number of carbonyl (C=O) groups is 2. The van der Waals surface area contributed by atoms with Gasteiger partial charge in [-0.1, -0.05) is 47.0 Å². The Labute approximate surface area is 278 Å². The molecule has 2 aliphatic heterocycles. The van der Waals surface area contributed by atoms with Crippen LogP contribution in [0.1, 0.15) is 124 Å². The predicted octanol–water partition coefficient (Wildman–Crippen LogP) is 6.22.